The van der Waals surface area contributed by atoms with Gasteiger partial charge in [-0.05, 0) is 67.4 Å². The second kappa shape index (κ2) is 20.9. The van der Waals surface area contributed by atoms with Crippen molar-refractivity contribution in [3.05, 3.63) is 59.8 Å². The third-order valence-corrected chi connectivity index (χ3v) is 6.65. The topological polar surface area (TPSA) is 112 Å². The van der Waals surface area contributed by atoms with Crippen LogP contribution in [0.15, 0.2) is 48.7 Å². The van der Waals surface area contributed by atoms with Gasteiger partial charge in [-0.25, -0.2) is 4.98 Å². The van der Waals surface area contributed by atoms with Crippen LogP contribution in [0, 0.1) is 6.92 Å². The van der Waals surface area contributed by atoms with Gasteiger partial charge in [-0.2, -0.15) is 0 Å². The molecule has 1 saturated heterocycles. The van der Waals surface area contributed by atoms with E-state index < -0.39 is 6.10 Å². The number of amides is 2. The summed E-state index contributed by atoms with van der Waals surface area (Å²) in [6, 6.07) is 2.34. The zero-order valence-corrected chi connectivity index (χ0v) is 25.2. The van der Waals surface area contributed by atoms with Crippen LogP contribution in [0.25, 0.3) is 0 Å². The second-order valence-corrected chi connectivity index (χ2v) is 9.13. The van der Waals surface area contributed by atoms with Crippen LogP contribution in [0.2, 0.25) is 0 Å². The van der Waals surface area contributed by atoms with Gasteiger partial charge in [0.2, 0.25) is 12.3 Å². The highest BCUT2D eigenvalue weighted by atomic mass is 16.3. The predicted octanol–water partition coefficient (Wildman–Crippen LogP) is 4.63. The lowest BCUT2D eigenvalue weighted by Crippen LogP contribution is -2.41. The van der Waals surface area contributed by atoms with Crippen LogP contribution < -0.4 is 11.1 Å². The van der Waals surface area contributed by atoms with E-state index in [0.717, 1.165) is 60.4 Å². The van der Waals surface area contributed by atoms with E-state index in [0.29, 0.717) is 38.4 Å². The fourth-order valence-corrected chi connectivity index (χ4v) is 4.35. The summed E-state index contributed by atoms with van der Waals surface area (Å²) in [6.45, 7) is 21.9. The summed E-state index contributed by atoms with van der Waals surface area (Å²) in [5.41, 5.74) is 9.79. The van der Waals surface area contributed by atoms with Crippen molar-refractivity contribution >= 4 is 18.1 Å². The lowest BCUT2D eigenvalue weighted by atomic mass is 10.0. The maximum atomic E-state index is 11.6. The highest BCUT2D eigenvalue weighted by molar-refractivity contribution is 5.73. The van der Waals surface area contributed by atoms with Crippen molar-refractivity contribution in [2.45, 2.75) is 85.8 Å². The van der Waals surface area contributed by atoms with Crippen molar-refractivity contribution in [3.63, 3.8) is 0 Å². The Hall–Kier alpha value is -2.97. The molecule has 8 heteroatoms. The van der Waals surface area contributed by atoms with Crippen LogP contribution in [0.5, 0.6) is 0 Å². The Labute approximate surface area is 237 Å². The Morgan fingerprint density at radius 2 is 1.85 bits per heavy atom. The van der Waals surface area contributed by atoms with E-state index in [1.54, 1.807) is 24.0 Å². The molecule has 2 rings (SSSR count). The van der Waals surface area contributed by atoms with Crippen molar-refractivity contribution in [3.8, 4) is 0 Å². The number of allylic oxidation sites excluding steroid dienone is 2. The van der Waals surface area contributed by atoms with E-state index in [2.05, 4.69) is 23.5 Å². The molecule has 0 saturated carbocycles. The van der Waals surface area contributed by atoms with Crippen LogP contribution >= 0.6 is 0 Å². The molecular formula is C31H53N5O3. The zero-order chi connectivity index (χ0) is 29.8. The number of nitrogens with one attached hydrogen (secondary N) is 1. The van der Waals surface area contributed by atoms with Crippen LogP contribution in [0.4, 0.5) is 5.82 Å². The van der Waals surface area contributed by atoms with Gasteiger partial charge in [0.15, 0.2) is 0 Å². The number of nitrogens with zero attached hydrogens (tertiary/aromatic N) is 3. The Morgan fingerprint density at radius 3 is 2.33 bits per heavy atom. The molecule has 2 amide bonds. The zero-order valence-electron chi connectivity index (χ0n) is 25.2. The number of aliphatic hydroxyl groups is 1. The first-order valence-corrected chi connectivity index (χ1v) is 14.3. The summed E-state index contributed by atoms with van der Waals surface area (Å²) in [6.07, 6.45) is 9.07. The van der Waals surface area contributed by atoms with Crippen molar-refractivity contribution in [2.75, 3.05) is 38.0 Å². The monoisotopic (exact) mass is 543 g/mol. The number of aromatic nitrogens is 1. The summed E-state index contributed by atoms with van der Waals surface area (Å²) in [5.74, 6) is 0.961. The van der Waals surface area contributed by atoms with Crippen LogP contribution in [0.1, 0.15) is 71.4 Å². The number of aliphatic hydroxyl groups excluding tert-OH is 1. The summed E-state index contributed by atoms with van der Waals surface area (Å²) in [7, 11) is 0. The molecular weight excluding hydrogens is 490 g/mol. The first kappa shape index (κ1) is 36.0. The number of hydrogen-bond acceptors (Lipinski definition) is 6. The third kappa shape index (κ3) is 13.1. The number of piperidine rings is 1. The van der Waals surface area contributed by atoms with Gasteiger partial charge in [-0.15, -0.1) is 0 Å². The quantitative estimate of drug-likeness (QED) is 0.233. The van der Waals surface area contributed by atoms with Crippen LogP contribution in [-0.4, -0.2) is 77.1 Å². The van der Waals surface area contributed by atoms with E-state index in [1.807, 2.05) is 51.8 Å². The number of carbonyl (C=O) groups is 2. The van der Waals surface area contributed by atoms with Gasteiger partial charge in [-0.3, -0.25) is 9.59 Å². The van der Waals surface area contributed by atoms with Gasteiger partial charge in [0.1, 0.15) is 5.82 Å². The van der Waals surface area contributed by atoms with E-state index >= 15 is 0 Å². The molecule has 1 aromatic heterocycles. The molecule has 1 unspecified atom stereocenters. The molecule has 0 spiro atoms. The largest absolute Gasteiger partial charge is 0.391 e. The molecule has 2 heterocycles. The van der Waals surface area contributed by atoms with E-state index in [1.165, 1.54) is 0 Å². The standard InChI is InChI=1S/C27H41N5O3.2C2H6/c1-5-22(23(6-2)16-28)7-8-26(35)18-31(19-33)12-9-24-17-29-27(15-20(24)3)30-25-10-13-32(14-11-25)21(4)34;2*1-2/h5-6,15,17,19,25-26,35H,1-2,7-14,16,18,28H2,3-4H3,(H,29,30);2*1-2H3/b23-22-;;. The number of hydrogen-bond donors (Lipinski definition) is 3. The molecule has 0 aliphatic carbocycles. The first-order chi connectivity index (χ1) is 18.8. The maximum absolute atomic E-state index is 11.6. The first-order valence-electron chi connectivity index (χ1n) is 14.3. The normalized spacial score (nSPS) is 14.4. The Kier molecular flexibility index (Phi) is 19.3. The lowest BCUT2D eigenvalue weighted by Gasteiger charge is -2.32. The molecule has 1 aliphatic heterocycles. The van der Waals surface area contributed by atoms with Crippen molar-refractivity contribution in [1.29, 1.82) is 0 Å². The van der Waals surface area contributed by atoms with Gasteiger partial charge in [-0.1, -0.05) is 53.0 Å². The molecule has 4 N–H and O–H groups in total. The van der Waals surface area contributed by atoms with Crippen molar-refractivity contribution in [1.82, 2.24) is 14.8 Å². The Bertz CT molecular complexity index is 907. The van der Waals surface area contributed by atoms with Crippen molar-refractivity contribution in [2.24, 2.45) is 5.73 Å². The Balaban J connectivity index is 0.00000344. The molecule has 220 valence electrons. The molecule has 1 atom stereocenters. The summed E-state index contributed by atoms with van der Waals surface area (Å²) in [5, 5.41) is 13.9. The van der Waals surface area contributed by atoms with Gasteiger partial charge in [0, 0.05) is 51.9 Å². The molecule has 39 heavy (non-hydrogen) atoms. The van der Waals surface area contributed by atoms with E-state index in [4.69, 9.17) is 5.73 Å². The average molecular weight is 544 g/mol. The molecule has 0 radical (unpaired) electrons. The van der Waals surface area contributed by atoms with Crippen LogP contribution in [-0.2, 0) is 16.0 Å². The van der Waals surface area contributed by atoms with E-state index in [-0.39, 0.29) is 12.5 Å². The molecule has 8 nitrogen and oxygen atoms in total. The SMILES string of the molecule is C=C/C(CN)=C(\C=C)CCC(O)CN(C=O)CCc1cnc(NC2CCN(C(C)=O)CC2)cc1C.CC.CC. The minimum absolute atomic E-state index is 0.130. The number of rotatable bonds is 14. The lowest BCUT2D eigenvalue weighted by molar-refractivity contribution is -0.129. The van der Waals surface area contributed by atoms with Gasteiger partial charge in [0.05, 0.1) is 6.10 Å². The molecule has 0 aromatic carbocycles. The Morgan fingerprint density at radius 1 is 1.23 bits per heavy atom. The number of anilines is 1. The third-order valence-electron chi connectivity index (χ3n) is 6.65. The second-order valence-electron chi connectivity index (χ2n) is 9.13. The summed E-state index contributed by atoms with van der Waals surface area (Å²) < 4.78 is 0. The number of aryl methyl sites for hydroxylation is 1. The average Bonchev–Trinajstić information content (AvgIpc) is 2.96. The minimum Gasteiger partial charge on any atom is -0.391 e. The number of pyridine rings is 1. The van der Waals surface area contributed by atoms with Crippen LogP contribution in [0.3, 0.4) is 0 Å². The highest BCUT2D eigenvalue weighted by Crippen LogP contribution is 2.19. The molecule has 0 bridgehead atoms. The van der Waals surface area contributed by atoms with Gasteiger partial charge < -0.3 is 26.0 Å². The number of likely N-dealkylation sites (tertiary alicyclic amines) is 1. The van der Waals surface area contributed by atoms with Crippen molar-refractivity contribution < 1.29 is 14.7 Å². The number of nitrogens with two attached hydrogens (primary N) is 1. The summed E-state index contributed by atoms with van der Waals surface area (Å²) >= 11 is 0. The number of carbonyl (C=O) groups excluding carboxylic acids is 2. The smallest absolute Gasteiger partial charge is 0.219 e. The predicted molar refractivity (Wildman–Crippen MR) is 164 cm³/mol. The van der Waals surface area contributed by atoms with Gasteiger partial charge in [0.25, 0.3) is 0 Å². The fraction of sp³-hybridized carbons (Fsp3) is 0.581. The highest BCUT2D eigenvalue weighted by Gasteiger charge is 2.21. The molecule has 1 aromatic rings. The summed E-state index contributed by atoms with van der Waals surface area (Å²) in [4.78, 5) is 31.1. The molecule has 1 aliphatic rings. The fourth-order valence-electron chi connectivity index (χ4n) is 4.35. The van der Waals surface area contributed by atoms with Gasteiger partial charge >= 0.3 is 0 Å². The minimum atomic E-state index is -0.640. The van der Waals surface area contributed by atoms with E-state index in [9.17, 15) is 14.7 Å². The maximum Gasteiger partial charge on any atom is 0.219 e. The molecule has 1 fully saturated rings.